The van der Waals surface area contributed by atoms with Crippen LogP contribution in [-0.2, 0) is 0 Å². The van der Waals surface area contributed by atoms with Gasteiger partial charge in [0.15, 0.2) is 0 Å². The Hall–Kier alpha value is -0.330. The van der Waals surface area contributed by atoms with E-state index in [1.165, 1.54) is 31.4 Å². The van der Waals surface area contributed by atoms with Crippen molar-refractivity contribution in [3.8, 4) is 0 Å². The van der Waals surface area contributed by atoms with Crippen molar-refractivity contribution >= 4 is 5.71 Å². The van der Waals surface area contributed by atoms with Gasteiger partial charge in [0, 0.05) is 18.7 Å². The van der Waals surface area contributed by atoms with Crippen molar-refractivity contribution in [1.82, 2.24) is 0 Å². The minimum Gasteiger partial charge on any atom is -0.297 e. The highest BCUT2D eigenvalue weighted by Crippen LogP contribution is 2.70. The second-order valence-electron chi connectivity index (χ2n) is 6.72. The normalized spacial score (nSPS) is 55.8. The predicted octanol–water partition coefficient (Wildman–Crippen LogP) is 3.79. The largest absolute Gasteiger partial charge is 0.297 e. The lowest BCUT2D eigenvalue weighted by molar-refractivity contribution is 0.157. The minimum absolute atomic E-state index is 0.723. The number of hydrogen-bond donors (Lipinski definition) is 0. The molecular formula is C15H25N. The molecule has 3 saturated carbocycles. The van der Waals surface area contributed by atoms with E-state index < -0.39 is 0 Å². The Labute approximate surface area is 99.7 Å². The molecule has 0 heterocycles. The van der Waals surface area contributed by atoms with Crippen LogP contribution in [0.5, 0.6) is 0 Å². The molecule has 16 heavy (non-hydrogen) atoms. The SMILES string of the molecule is C/N=C(\C)C1C(C)C(C)[C@@]23CC[C@@H](CC12)C3. The third-order valence-corrected chi connectivity index (χ3v) is 6.54. The van der Waals surface area contributed by atoms with E-state index in [-0.39, 0.29) is 0 Å². The summed E-state index contributed by atoms with van der Waals surface area (Å²) in [5, 5.41) is 0. The average Bonchev–Trinajstić information content (AvgIpc) is 2.91. The van der Waals surface area contributed by atoms with Crippen LogP contribution >= 0.6 is 0 Å². The van der Waals surface area contributed by atoms with E-state index >= 15 is 0 Å². The molecule has 90 valence electrons. The molecule has 0 aromatic heterocycles. The Morgan fingerprint density at radius 1 is 1.31 bits per heavy atom. The highest BCUT2D eigenvalue weighted by Gasteiger charge is 2.63. The lowest BCUT2D eigenvalue weighted by Gasteiger charge is -2.34. The number of aliphatic imine (C=N–C) groups is 1. The van der Waals surface area contributed by atoms with Gasteiger partial charge in [-0.15, -0.1) is 0 Å². The van der Waals surface area contributed by atoms with Crippen LogP contribution in [0.25, 0.3) is 0 Å². The maximum absolute atomic E-state index is 4.51. The Morgan fingerprint density at radius 2 is 2.06 bits per heavy atom. The summed E-state index contributed by atoms with van der Waals surface area (Å²) >= 11 is 0. The van der Waals surface area contributed by atoms with Gasteiger partial charge in [-0.25, -0.2) is 0 Å². The summed E-state index contributed by atoms with van der Waals surface area (Å²) in [6.45, 7) is 7.26. The van der Waals surface area contributed by atoms with Gasteiger partial charge in [0.1, 0.15) is 0 Å². The van der Waals surface area contributed by atoms with E-state index in [1.807, 2.05) is 7.05 Å². The molecule has 0 aromatic carbocycles. The Kier molecular flexibility index (Phi) is 2.25. The summed E-state index contributed by atoms with van der Waals surface area (Å²) in [5.74, 6) is 4.61. The number of fused-ring (bicyclic) bond motifs is 1. The van der Waals surface area contributed by atoms with Gasteiger partial charge in [-0.1, -0.05) is 13.8 Å². The van der Waals surface area contributed by atoms with Crippen LogP contribution < -0.4 is 0 Å². The van der Waals surface area contributed by atoms with E-state index in [0.717, 1.165) is 35.0 Å². The van der Waals surface area contributed by atoms with Gasteiger partial charge < -0.3 is 0 Å². The zero-order chi connectivity index (χ0) is 11.5. The van der Waals surface area contributed by atoms with Crippen LogP contribution in [0.1, 0.15) is 46.5 Å². The smallest absolute Gasteiger partial charge is 0.0276 e. The topological polar surface area (TPSA) is 12.4 Å². The highest BCUT2D eigenvalue weighted by atomic mass is 14.7. The van der Waals surface area contributed by atoms with Crippen molar-refractivity contribution in [3.05, 3.63) is 0 Å². The first kappa shape index (κ1) is 10.8. The van der Waals surface area contributed by atoms with E-state index in [0.29, 0.717) is 0 Å². The first-order valence-electron chi connectivity index (χ1n) is 7.03. The van der Waals surface area contributed by atoms with Gasteiger partial charge in [0.25, 0.3) is 0 Å². The van der Waals surface area contributed by atoms with Crippen LogP contribution in [0.3, 0.4) is 0 Å². The lowest BCUT2D eigenvalue weighted by Crippen LogP contribution is -2.28. The molecule has 1 spiro atoms. The summed E-state index contributed by atoms with van der Waals surface area (Å²) in [6.07, 6.45) is 6.08. The zero-order valence-electron chi connectivity index (χ0n) is 11.2. The highest BCUT2D eigenvalue weighted by molar-refractivity contribution is 5.85. The zero-order valence-corrected chi connectivity index (χ0v) is 11.2. The second kappa shape index (κ2) is 3.34. The summed E-state index contributed by atoms with van der Waals surface area (Å²) in [6, 6.07) is 0. The molecule has 0 saturated heterocycles. The van der Waals surface area contributed by atoms with Gasteiger partial charge in [-0.2, -0.15) is 0 Å². The van der Waals surface area contributed by atoms with E-state index in [4.69, 9.17) is 0 Å². The molecule has 0 aliphatic heterocycles. The fourth-order valence-corrected chi connectivity index (χ4v) is 5.62. The Morgan fingerprint density at radius 3 is 2.69 bits per heavy atom. The molecule has 0 amide bonds. The van der Waals surface area contributed by atoms with Crippen molar-refractivity contribution in [1.29, 1.82) is 0 Å². The average molecular weight is 219 g/mol. The minimum atomic E-state index is 0.723. The fraction of sp³-hybridized carbons (Fsp3) is 0.933. The maximum Gasteiger partial charge on any atom is 0.0276 e. The second-order valence-corrected chi connectivity index (χ2v) is 6.72. The van der Waals surface area contributed by atoms with E-state index in [1.54, 1.807) is 0 Å². The fourth-order valence-electron chi connectivity index (χ4n) is 5.62. The Bertz CT molecular complexity index is 332. The van der Waals surface area contributed by atoms with Gasteiger partial charge in [-0.3, -0.25) is 4.99 Å². The molecule has 3 rings (SSSR count). The predicted molar refractivity (Wildman–Crippen MR) is 68.7 cm³/mol. The van der Waals surface area contributed by atoms with Gasteiger partial charge in [-0.05, 0) is 61.7 Å². The molecule has 1 heteroatoms. The Balaban J connectivity index is 1.99. The molecule has 0 radical (unpaired) electrons. The van der Waals surface area contributed by atoms with Crippen LogP contribution in [0.4, 0.5) is 0 Å². The number of rotatable bonds is 1. The van der Waals surface area contributed by atoms with Crippen molar-refractivity contribution < 1.29 is 0 Å². The summed E-state index contributed by atoms with van der Waals surface area (Å²) in [5.41, 5.74) is 2.15. The summed E-state index contributed by atoms with van der Waals surface area (Å²) in [4.78, 5) is 4.51. The van der Waals surface area contributed by atoms with Gasteiger partial charge in [0.2, 0.25) is 0 Å². The standard InChI is InChI=1S/C15H25N/c1-9-10(2)15-6-5-12(8-15)7-13(15)14(9)11(3)16-4/h9-10,12-14H,5-8H2,1-4H3/b16-11+/t9?,10?,12-,13?,14?,15-/m0/s1. The monoisotopic (exact) mass is 219 g/mol. The van der Waals surface area contributed by atoms with Crippen LogP contribution in [0.15, 0.2) is 4.99 Å². The molecule has 2 bridgehead atoms. The molecule has 3 aliphatic rings. The summed E-state index contributed by atoms with van der Waals surface area (Å²) in [7, 11) is 1.98. The molecule has 0 N–H and O–H groups in total. The van der Waals surface area contributed by atoms with Gasteiger partial charge in [0.05, 0.1) is 0 Å². The lowest BCUT2D eigenvalue weighted by atomic mass is 9.71. The van der Waals surface area contributed by atoms with Crippen molar-refractivity contribution in [3.63, 3.8) is 0 Å². The van der Waals surface area contributed by atoms with Crippen molar-refractivity contribution in [2.75, 3.05) is 7.05 Å². The molecule has 4 unspecified atom stereocenters. The quantitative estimate of drug-likeness (QED) is 0.595. The van der Waals surface area contributed by atoms with Crippen molar-refractivity contribution in [2.45, 2.75) is 46.5 Å². The van der Waals surface area contributed by atoms with Crippen LogP contribution in [0, 0.1) is 35.0 Å². The summed E-state index contributed by atoms with van der Waals surface area (Å²) < 4.78 is 0. The van der Waals surface area contributed by atoms with Gasteiger partial charge >= 0.3 is 0 Å². The first-order valence-corrected chi connectivity index (χ1v) is 7.03. The molecular weight excluding hydrogens is 194 g/mol. The van der Waals surface area contributed by atoms with E-state index in [9.17, 15) is 0 Å². The third kappa shape index (κ3) is 1.10. The molecule has 0 aromatic rings. The molecule has 1 nitrogen and oxygen atoms in total. The van der Waals surface area contributed by atoms with Crippen LogP contribution in [-0.4, -0.2) is 12.8 Å². The first-order chi connectivity index (χ1) is 7.60. The van der Waals surface area contributed by atoms with Crippen LogP contribution in [0.2, 0.25) is 0 Å². The molecule has 3 aliphatic carbocycles. The number of nitrogens with zero attached hydrogens (tertiary/aromatic N) is 1. The molecule has 3 fully saturated rings. The third-order valence-electron chi connectivity index (χ3n) is 6.54. The van der Waals surface area contributed by atoms with Crippen molar-refractivity contribution in [2.24, 2.45) is 40.0 Å². The maximum atomic E-state index is 4.51. The number of hydrogen-bond acceptors (Lipinski definition) is 1. The molecule has 6 atom stereocenters. The van der Waals surface area contributed by atoms with E-state index in [2.05, 4.69) is 25.8 Å².